The van der Waals surface area contributed by atoms with Gasteiger partial charge < -0.3 is 15.0 Å². The Morgan fingerprint density at radius 1 is 1.40 bits per heavy atom. The van der Waals surface area contributed by atoms with Crippen molar-refractivity contribution in [3.05, 3.63) is 11.1 Å². The summed E-state index contributed by atoms with van der Waals surface area (Å²) < 4.78 is 5.04. The van der Waals surface area contributed by atoms with E-state index in [1.165, 1.54) is 42.1 Å². The molecule has 1 aromatic heterocycles. The maximum Gasteiger partial charge on any atom is 0.185 e. The van der Waals surface area contributed by atoms with Crippen LogP contribution in [0.4, 0.5) is 5.13 Å². The Bertz CT molecular complexity index is 377. The van der Waals surface area contributed by atoms with Gasteiger partial charge in [-0.05, 0) is 19.8 Å². The minimum atomic E-state index is 0.703. The van der Waals surface area contributed by atoms with Crippen molar-refractivity contribution in [2.75, 3.05) is 31.7 Å². The van der Waals surface area contributed by atoms with Gasteiger partial charge in [-0.25, -0.2) is 4.98 Å². The molecule has 0 bridgehead atoms. The van der Waals surface area contributed by atoms with Crippen molar-refractivity contribution >= 4 is 16.5 Å². The van der Waals surface area contributed by atoms with Crippen LogP contribution in [-0.4, -0.2) is 37.8 Å². The van der Waals surface area contributed by atoms with Crippen molar-refractivity contribution in [3.63, 3.8) is 0 Å². The van der Waals surface area contributed by atoms with Gasteiger partial charge in [-0.1, -0.05) is 19.3 Å². The Labute approximate surface area is 126 Å². The van der Waals surface area contributed by atoms with E-state index in [0.29, 0.717) is 6.04 Å². The third-order valence-electron chi connectivity index (χ3n) is 3.93. The van der Waals surface area contributed by atoms with E-state index >= 15 is 0 Å². The lowest BCUT2D eigenvalue weighted by atomic mass is 9.94. The van der Waals surface area contributed by atoms with E-state index in [4.69, 9.17) is 4.74 Å². The number of nitrogens with one attached hydrogen (secondary N) is 1. The highest BCUT2D eigenvalue weighted by atomic mass is 32.1. The summed E-state index contributed by atoms with van der Waals surface area (Å²) in [5.74, 6) is 0. The van der Waals surface area contributed by atoms with Gasteiger partial charge in [-0.15, -0.1) is 11.3 Å². The zero-order valence-electron chi connectivity index (χ0n) is 12.7. The lowest BCUT2D eigenvalue weighted by Gasteiger charge is -2.33. The molecule has 4 nitrogen and oxygen atoms in total. The van der Waals surface area contributed by atoms with E-state index in [0.717, 1.165) is 26.2 Å². The number of aromatic nitrogens is 1. The molecular formula is C15H27N3OS. The topological polar surface area (TPSA) is 37.4 Å². The molecule has 1 fully saturated rings. The minimum Gasteiger partial charge on any atom is -0.383 e. The van der Waals surface area contributed by atoms with Crippen LogP contribution in [0.15, 0.2) is 6.20 Å². The Kier molecular flexibility index (Phi) is 6.76. The third kappa shape index (κ3) is 4.43. The zero-order valence-corrected chi connectivity index (χ0v) is 13.5. The molecule has 1 saturated carbocycles. The van der Waals surface area contributed by atoms with Gasteiger partial charge in [-0.3, -0.25) is 0 Å². The van der Waals surface area contributed by atoms with Crippen LogP contribution in [0.25, 0.3) is 0 Å². The molecule has 1 N–H and O–H groups in total. The first-order valence-electron chi connectivity index (χ1n) is 7.76. The number of rotatable bonds is 8. The molecule has 114 valence electrons. The third-order valence-corrected chi connectivity index (χ3v) is 4.96. The van der Waals surface area contributed by atoms with E-state index in [1.807, 2.05) is 17.5 Å². The summed E-state index contributed by atoms with van der Waals surface area (Å²) in [6, 6.07) is 0.703. The van der Waals surface area contributed by atoms with Crippen molar-refractivity contribution in [2.45, 2.75) is 51.6 Å². The summed E-state index contributed by atoms with van der Waals surface area (Å²) in [4.78, 5) is 8.45. The van der Waals surface area contributed by atoms with Crippen molar-refractivity contribution in [3.8, 4) is 0 Å². The molecule has 1 aliphatic rings. The van der Waals surface area contributed by atoms with Gasteiger partial charge in [0.25, 0.3) is 0 Å². The summed E-state index contributed by atoms with van der Waals surface area (Å²) in [5.41, 5.74) is 0. The van der Waals surface area contributed by atoms with Crippen LogP contribution >= 0.6 is 11.3 Å². The molecule has 5 heteroatoms. The predicted molar refractivity (Wildman–Crippen MR) is 85.6 cm³/mol. The van der Waals surface area contributed by atoms with Crippen molar-refractivity contribution in [1.29, 1.82) is 0 Å². The lowest BCUT2D eigenvalue weighted by molar-refractivity contribution is 0.199. The predicted octanol–water partition coefficient (Wildman–Crippen LogP) is 3.04. The quantitative estimate of drug-likeness (QED) is 0.748. The Hall–Kier alpha value is -0.650. The minimum absolute atomic E-state index is 0.703. The van der Waals surface area contributed by atoms with Crippen molar-refractivity contribution < 1.29 is 4.74 Å². The van der Waals surface area contributed by atoms with E-state index in [1.54, 1.807) is 7.11 Å². The molecule has 0 unspecified atom stereocenters. The van der Waals surface area contributed by atoms with Crippen LogP contribution in [0.5, 0.6) is 0 Å². The molecule has 1 aromatic rings. The van der Waals surface area contributed by atoms with Gasteiger partial charge in [0, 0.05) is 43.9 Å². The summed E-state index contributed by atoms with van der Waals surface area (Å²) in [6.45, 7) is 5.85. The highest BCUT2D eigenvalue weighted by Crippen LogP contribution is 2.30. The first-order chi connectivity index (χ1) is 9.85. The first kappa shape index (κ1) is 15.7. The van der Waals surface area contributed by atoms with Gasteiger partial charge >= 0.3 is 0 Å². The molecule has 0 aromatic carbocycles. The fourth-order valence-electron chi connectivity index (χ4n) is 2.84. The average molecular weight is 297 g/mol. The molecule has 20 heavy (non-hydrogen) atoms. The fourth-order valence-corrected chi connectivity index (χ4v) is 3.85. The highest BCUT2D eigenvalue weighted by Gasteiger charge is 2.22. The second-order valence-electron chi connectivity index (χ2n) is 5.36. The number of hydrogen-bond acceptors (Lipinski definition) is 5. The van der Waals surface area contributed by atoms with Gasteiger partial charge in [-0.2, -0.15) is 0 Å². The van der Waals surface area contributed by atoms with Gasteiger partial charge in [0.15, 0.2) is 5.13 Å². The number of hydrogen-bond donors (Lipinski definition) is 1. The molecule has 2 rings (SSSR count). The van der Waals surface area contributed by atoms with Crippen LogP contribution in [-0.2, 0) is 11.3 Å². The highest BCUT2D eigenvalue weighted by molar-refractivity contribution is 7.15. The van der Waals surface area contributed by atoms with Crippen LogP contribution in [0.2, 0.25) is 0 Å². The number of anilines is 1. The second kappa shape index (κ2) is 8.60. The van der Waals surface area contributed by atoms with Crippen LogP contribution in [0.3, 0.4) is 0 Å². The molecule has 0 saturated heterocycles. The smallest absolute Gasteiger partial charge is 0.185 e. The van der Waals surface area contributed by atoms with Gasteiger partial charge in [0.05, 0.1) is 6.61 Å². The maximum atomic E-state index is 5.04. The van der Waals surface area contributed by atoms with Gasteiger partial charge in [0.2, 0.25) is 0 Å². The zero-order chi connectivity index (χ0) is 14.2. The largest absolute Gasteiger partial charge is 0.383 e. The molecule has 1 heterocycles. The fraction of sp³-hybridized carbons (Fsp3) is 0.800. The number of ether oxygens (including phenoxy) is 1. The van der Waals surface area contributed by atoms with E-state index in [9.17, 15) is 0 Å². The molecule has 0 aliphatic heterocycles. The number of methoxy groups -OCH3 is 1. The van der Waals surface area contributed by atoms with Crippen molar-refractivity contribution in [1.82, 2.24) is 10.3 Å². The second-order valence-corrected chi connectivity index (χ2v) is 6.45. The standard InChI is InChI=1S/C15H27N3OS/c1-3-18(13-7-5-4-6-8-13)15-17-12-14(20-15)11-16-9-10-19-2/h12-13,16H,3-11H2,1-2H3. The van der Waals surface area contributed by atoms with E-state index < -0.39 is 0 Å². The van der Waals surface area contributed by atoms with Crippen molar-refractivity contribution in [2.24, 2.45) is 0 Å². The summed E-state index contributed by atoms with van der Waals surface area (Å²) in [6.07, 6.45) is 8.82. The number of thiazole rings is 1. The molecule has 0 atom stereocenters. The molecular weight excluding hydrogens is 270 g/mol. The molecule has 0 radical (unpaired) electrons. The Morgan fingerprint density at radius 2 is 2.20 bits per heavy atom. The average Bonchev–Trinajstić information content (AvgIpc) is 2.94. The van der Waals surface area contributed by atoms with Crippen LogP contribution in [0.1, 0.15) is 43.9 Å². The number of nitrogens with zero attached hydrogens (tertiary/aromatic N) is 2. The first-order valence-corrected chi connectivity index (χ1v) is 8.57. The molecule has 0 spiro atoms. The van der Waals surface area contributed by atoms with Crippen LogP contribution in [0, 0.1) is 0 Å². The summed E-state index contributed by atoms with van der Waals surface area (Å²) >= 11 is 1.83. The monoisotopic (exact) mass is 297 g/mol. The summed E-state index contributed by atoms with van der Waals surface area (Å²) in [5, 5.41) is 4.58. The Balaban J connectivity index is 1.88. The van der Waals surface area contributed by atoms with E-state index in [2.05, 4.69) is 22.1 Å². The SMILES string of the molecule is CCN(c1ncc(CNCCOC)s1)C1CCCCC1. The normalized spacial score (nSPS) is 16.5. The Morgan fingerprint density at radius 3 is 2.90 bits per heavy atom. The van der Waals surface area contributed by atoms with E-state index in [-0.39, 0.29) is 0 Å². The molecule has 1 aliphatic carbocycles. The maximum absolute atomic E-state index is 5.04. The van der Waals surface area contributed by atoms with Gasteiger partial charge in [0.1, 0.15) is 0 Å². The summed E-state index contributed by atoms with van der Waals surface area (Å²) in [7, 11) is 1.73. The van der Waals surface area contributed by atoms with Crippen LogP contribution < -0.4 is 10.2 Å². The molecule has 0 amide bonds. The lowest BCUT2D eigenvalue weighted by Crippen LogP contribution is -2.36.